The molecule has 0 saturated heterocycles. The molecule has 1 amide bonds. The number of thiazole rings is 1. The number of amides is 1. The van der Waals surface area contributed by atoms with Gasteiger partial charge >= 0.3 is 0 Å². The first-order chi connectivity index (χ1) is 17.8. The van der Waals surface area contributed by atoms with Gasteiger partial charge in [-0.1, -0.05) is 29.2 Å². The number of aryl methyl sites for hydroxylation is 2. The fourth-order valence-electron chi connectivity index (χ4n) is 4.00. The van der Waals surface area contributed by atoms with E-state index in [0.29, 0.717) is 44.8 Å². The molecule has 0 aliphatic rings. The molecule has 0 unspecified atom stereocenters. The summed E-state index contributed by atoms with van der Waals surface area (Å²) < 4.78 is 10.00. The van der Waals surface area contributed by atoms with Gasteiger partial charge in [0.2, 0.25) is 5.91 Å². The van der Waals surface area contributed by atoms with Crippen LogP contribution in [0.15, 0.2) is 52.4 Å². The Morgan fingerprint density at radius 2 is 1.70 bits per heavy atom. The van der Waals surface area contributed by atoms with E-state index in [-0.39, 0.29) is 17.2 Å². The molecule has 0 spiro atoms. The van der Waals surface area contributed by atoms with Crippen LogP contribution in [0.5, 0.6) is 5.75 Å². The number of benzene rings is 2. The number of hydrogen-bond acceptors (Lipinski definition) is 7. The van der Waals surface area contributed by atoms with Crippen LogP contribution in [0.25, 0.3) is 21.7 Å². The van der Waals surface area contributed by atoms with Crippen LogP contribution in [0.2, 0.25) is 0 Å². The predicted octanol–water partition coefficient (Wildman–Crippen LogP) is 5.94. The minimum absolute atomic E-state index is 0.00102. The van der Waals surface area contributed by atoms with E-state index in [4.69, 9.17) is 21.9 Å². The molecule has 4 aromatic rings. The van der Waals surface area contributed by atoms with Crippen molar-refractivity contribution in [3.8, 4) is 17.1 Å². The molecule has 4 rings (SSSR count). The average molecular weight is 555 g/mol. The maximum Gasteiger partial charge on any atom is 0.278 e. The number of carbonyl (C=O) groups excluding carboxylic acids is 1. The van der Waals surface area contributed by atoms with E-state index in [1.807, 2.05) is 74.7 Å². The Bertz CT molecular complexity index is 1550. The Labute approximate surface area is 229 Å². The monoisotopic (exact) mass is 554 g/mol. The second kappa shape index (κ2) is 11.6. The lowest BCUT2D eigenvalue weighted by molar-refractivity contribution is -0.127. The summed E-state index contributed by atoms with van der Waals surface area (Å²) in [6.45, 7) is 11.7. The highest BCUT2D eigenvalue weighted by atomic mass is 32.2. The highest BCUT2D eigenvalue weighted by molar-refractivity contribution is 7.99. The summed E-state index contributed by atoms with van der Waals surface area (Å²) in [5, 5.41) is 0.438. The van der Waals surface area contributed by atoms with Crippen LogP contribution in [0, 0.1) is 17.8 Å². The summed E-state index contributed by atoms with van der Waals surface area (Å²) in [5.41, 5.74) is 4.10. The van der Waals surface area contributed by atoms with Crippen molar-refractivity contribution in [1.29, 1.82) is 0 Å². The number of carbonyl (C=O) groups is 1. The van der Waals surface area contributed by atoms with E-state index < -0.39 is 0 Å². The molecule has 0 fully saturated rings. The Hall–Kier alpha value is -2.95. The molecular formula is C27H30N4O3S3. The van der Waals surface area contributed by atoms with E-state index >= 15 is 0 Å². The van der Waals surface area contributed by atoms with E-state index in [0.717, 1.165) is 17.0 Å². The third kappa shape index (κ3) is 5.51. The molecular weight excluding hydrogens is 525 g/mol. The number of thioether (sulfide) groups is 1. The van der Waals surface area contributed by atoms with Gasteiger partial charge in [0.05, 0.1) is 18.0 Å². The second-order valence-electron chi connectivity index (χ2n) is 8.44. The van der Waals surface area contributed by atoms with E-state index in [2.05, 4.69) is 6.92 Å². The van der Waals surface area contributed by atoms with Crippen molar-refractivity contribution in [2.24, 2.45) is 0 Å². The number of ether oxygens (including phenoxy) is 1. The molecule has 0 radical (unpaired) electrons. The Morgan fingerprint density at radius 1 is 1.03 bits per heavy atom. The highest BCUT2D eigenvalue weighted by Gasteiger charge is 2.21. The Kier molecular flexibility index (Phi) is 8.51. The zero-order valence-electron chi connectivity index (χ0n) is 21.6. The molecule has 0 bridgehead atoms. The molecule has 0 aliphatic carbocycles. The lowest BCUT2D eigenvalue weighted by Crippen LogP contribution is -2.32. The summed E-state index contributed by atoms with van der Waals surface area (Å²) in [6.07, 6.45) is 0. The third-order valence-electron chi connectivity index (χ3n) is 6.17. The van der Waals surface area contributed by atoms with Gasteiger partial charge < -0.3 is 9.64 Å². The lowest BCUT2D eigenvalue weighted by atomic mass is 10.1. The van der Waals surface area contributed by atoms with Gasteiger partial charge in [0, 0.05) is 18.8 Å². The molecule has 7 nitrogen and oxygen atoms in total. The van der Waals surface area contributed by atoms with Crippen molar-refractivity contribution in [3.05, 3.63) is 67.9 Å². The zero-order chi connectivity index (χ0) is 26.7. The maximum absolute atomic E-state index is 13.9. The normalized spacial score (nSPS) is 11.2. The zero-order valence-corrected chi connectivity index (χ0v) is 24.1. The molecule has 194 valence electrons. The van der Waals surface area contributed by atoms with Crippen LogP contribution in [0.3, 0.4) is 0 Å². The van der Waals surface area contributed by atoms with Crippen LogP contribution in [-0.4, -0.2) is 50.4 Å². The average Bonchev–Trinajstić information content (AvgIpc) is 3.22. The standard InChI is InChI=1S/C27H30N4O3S3/c1-6-29(7-2)22(32)16-36-26-28-24-23(25(33)31(26)19-11-13-21(14-12-19)34-8-3)37-27(35)30(24)20-10-9-17(4)18(5)15-20/h9-15H,6-8,16H2,1-5H3. The summed E-state index contributed by atoms with van der Waals surface area (Å²) in [7, 11) is 0. The first-order valence-electron chi connectivity index (χ1n) is 12.2. The van der Waals surface area contributed by atoms with Crippen molar-refractivity contribution in [1.82, 2.24) is 19.0 Å². The van der Waals surface area contributed by atoms with Crippen LogP contribution in [-0.2, 0) is 4.79 Å². The summed E-state index contributed by atoms with van der Waals surface area (Å²) in [5.74, 6) is 0.889. The van der Waals surface area contributed by atoms with Crippen molar-refractivity contribution in [2.75, 3.05) is 25.4 Å². The van der Waals surface area contributed by atoms with Crippen LogP contribution in [0.4, 0.5) is 0 Å². The Balaban J connectivity index is 1.90. The van der Waals surface area contributed by atoms with Crippen molar-refractivity contribution in [2.45, 2.75) is 39.8 Å². The SMILES string of the molecule is CCOc1ccc(-n2c(SCC(=O)N(CC)CC)nc3c(sc(=S)n3-c3ccc(C)c(C)c3)c2=O)cc1. The molecule has 0 aliphatic heterocycles. The van der Waals surface area contributed by atoms with Crippen molar-refractivity contribution >= 4 is 51.6 Å². The van der Waals surface area contributed by atoms with Gasteiger partial charge in [-0.2, -0.15) is 0 Å². The molecule has 0 atom stereocenters. The van der Waals surface area contributed by atoms with Gasteiger partial charge in [-0.3, -0.25) is 18.7 Å². The van der Waals surface area contributed by atoms with Crippen molar-refractivity contribution < 1.29 is 9.53 Å². The largest absolute Gasteiger partial charge is 0.494 e. The van der Waals surface area contributed by atoms with E-state index in [1.54, 1.807) is 9.47 Å². The van der Waals surface area contributed by atoms with Gasteiger partial charge in [0.1, 0.15) is 10.4 Å². The van der Waals surface area contributed by atoms with Crippen molar-refractivity contribution in [3.63, 3.8) is 0 Å². The minimum Gasteiger partial charge on any atom is -0.494 e. The fraction of sp³-hybridized carbons (Fsp3) is 0.333. The topological polar surface area (TPSA) is 69.4 Å². The number of aromatic nitrogens is 3. The minimum atomic E-state index is -0.217. The van der Waals surface area contributed by atoms with E-state index in [1.165, 1.54) is 28.7 Å². The maximum atomic E-state index is 13.9. The second-order valence-corrected chi connectivity index (χ2v) is 11.0. The summed E-state index contributed by atoms with van der Waals surface area (Å²) in [6, 6.07) is 13.4. The number of rotatable bonds is 9. The van der Waals surface area contributed by atoms with Crippen LogP contribution in [0.1, 0.15) is 31.9 Å². The third-order valence-corrected chi connectivity index (χ3v) is 8.45. The van der Waals surface area contributed by atoms with E-state index in [9.17, 15) is 9.59 Å². The molecule has 2 aromatic carbocycles. The van der Waals surface area contributed by atoms with Gasteiger partial charge in [0.25, 0.3) is 5.56 Å². The number of fused-ring (bicyclic) bond motifs is 1. The first kappa shape index (κ1) is 27.1. The predicted molar refractivity (Wildman–Crippen MR) is 155 cm³/mol. The van der Waals surface area contributed by atoms with Gasteiger partial charge in [-0.25, -0.2) is 4.98 Å². The number of hydrogen-bond donors (Lipinski definition) is 0. The van der Waals surface area contributed by atoms with Crippen LogP contribution >= 0.6 is 35.3 Å². The summed E-state index contributed by atoms with van der Waals surface area (Å²) >= 11 is 8.21. The molecule has 0 saturated carbocycles. The van der Waals surface area contributed by atoms with Gasteiger partial charge in [-0.05, 0) is 94.4 Å². The van der Waals surface area contributed by atoms with Gasteiger partial charge in [0.15, 0.2) is 14.8 Å². The lowest BCUT2D eigenvalue weighted by Gasteiger charge is -2.19. The molecule has 10 heteroatoms. The quantitative estimate of drug-likeness (QED) is 0.145. The molecule has 0 N–H and O–H groups in total. The molecule has 37 heavy (non-hydrogen) atoms. The first-order valence-corrected chi connectivity index (χ1v) is 14.4. The Morgan fingerprint density at radius 3 is 2.32 bits per heavy atom. The molecule has 2 aromatic heterocycles. The smallest absolute Gasteiger partial charge is 0.278 e. The fourth-order valence-corrected chi connectivity index (χ4v) is 6.21. The summed E-state index contributed by atoms with van der Waals surface area (Å²) in [4.78, 5) is 33.4. The number of nitrogens with zero attached hydrogens (tertiary/aromatic N) is 4. The van der Waals surface area contributed by atoms with Gasteiger partial charge in [-0.15, -0.1) is 0 Å². The highest BCUT2D eigenvalue weighted by Crippen LogP contribution is 2.29. The molecule has 2 heterocycles. The van der Waals surface area contributed by atoms with Crippen LogP contribution < -0.4 is 10.3 Å².